The summed E-state index contributed by atoms with van der Waals surface area (Å²) in [4.78, 5) is 25.0. The lowest BCUT2D eigenvalue weighted by atomic mass is 9.92. The number of benzene rings is 3. The van der Waals surface area contributed by atoms with Crippen LogP contribution in [0.25, 0.3) is 0 Å². The molecule has 3 aromatic carbocycles. The zero-order valence-electron chi connectivity index (χ0n) is 16.5. The fraction of sp³-hybridized carbons (Fsp3) is 0.167. The van der Waals surface area contributed by atoms with E-state index in [0.717, 1.165) is 23.3 Å². The normalized spacial score (nSPS) is 15.7. The van der Waals surface area contributed by atoms with E-state index in [-0.39, 0.29) is 11.3 Å². The first kappa shape index (κ1) is 20.7. The maximum absolute atomic E-state index is 12.9. The molecule has 158 valence electrons. The van der Waals surface area contributed by atoms with Crippen molar-refractivity contribution < 1.29 is 27.5 Å². The molecule has 1 atom stereocenters. The minimum absolute atomic E-state index is 0.0366. The first-order chi connectivity index (χ1) is 14.7. The summed E-state index contributed by atoms with van der Waals surface area (Å²) in [5, 5.41) is 2.48. The number of alkyl halides is 3. The number of amides is 1. The van der Waals surface area contributed by atoms with Crippen molar-refractivity contribution in [2.75, 3.05) is 5.32 Å². The number of nitrogens with one attached hydrogen (secondary N) is 1. The summed E-state index contributed by atoms with van der Waals surface area (Å²) in [6, 6.07) is 16.6. The van der Waals surface area contributed by atoms with Gasteiger partial charge in [-0.2, -0.15) is 13.2 Å². The maximum Gasteiger partial charge on any atom is 0.416 e. The van der Waals surface area contributed by atoms with Crippen LogP contribution in [-0.2, 0) is 17.3 Å². The molecule has 1 unspecified atom stereocenters. The highest BCUT2D eigenvalue weighted by Crippen LogP contribution is 2.32. The molecule has 1 N–H and O–H groups in total. The van der Waals surface area contributed by atoms with E-state index in [2.05, 4.69) is 5.32 Å². The Morgan fingerprint density at radius 3 is 2.48 bits per heavy atom. The Morgan fingerprint density at radius 1 is 1.03 bits per heavy atom. The van der Waals surface area contributed by atoms with Crippen LogP contribution in [-0.4, -0.2) is 11.9 Å². The van der Waals surface area contributed by atoms with Gasteiger partial charge in [0.25, 0.3) is 5.91 Å². The number of fused-ring (bicyclic) bond motifs is 1. The van der Waals surface area contributed by atoms with Gasteiger partial charge in [0.05, 0.1) is 11.1 Å². The van der Waals surface area contributed by atoms with Gasteiger partial charge >= 0.3 is 12.1 Å². The number of hydrogen-bond acceptors (Lipinski definition) is 3. The van der Waals surface area contributed by atoms with Crippen LogP contribution in [0.2, 0.25) is 0 Å². The number of ether oxygens (including phenoxy) is 1. The third kappa shape index (κ3) is 4.45. The minimum Gasteiger partial charge on any atom is -0.454 e. The summed E-state index contributed by atoms with van der Waals surface area (Å²) in [5.74, 6) is -1.04. The smallest absolute Gasteiger partial charge is 0.416 e. The highest BCUT2D eigenvalue weighted by molar-refractivity contribution is 6.05. The number of halogens is 3. The van der Waals surface area contributed by atoms with Gasteiger partial charge in [-0.25, -0.2) is 4.79 Å². The number of carbonyl (C=O) groups is 2. The van der Waals surface area contributed by atoms with E-state index in [0.29, 0.717) is 17.5 Å². The van der Waals surface area contributed by atoms with E-state index >= 15 is 0 Å². The Hall–Kier alpha value is -3.61. The number of cyclic esters (lactones) is 1. The first-order valence-corrected chi connectivity index (χ1v) is 9.60. The summed E-state index contributed by atoms with van der Waals surface area (Å²) in [5.41, 5.74) is 2.39. The van der Waals surface area contributed by atoms with Gasteiger partial charge in [0, 0.05) is 17.7 Å². The number of aryl methyl sites for hydroxylation is 1. The van der Waals surface area contributed by atoms with Gasteiger partial charge in [-0.3, -0.25) is 4.79 Å². The third-order valence-corrected chi connectivity index (χ3v) is 5.14. The standard InChI is InChI=1S/C24H18F3NO3/c1-14-5-7-15(8-6-14)21-12-17-11-16(9-10-20(17)23(30)31-21)22(29)28-19-4-2-3-18(13-19)24(25,26)27/h2-11,13,21H,12H2,1H3,(H,28,29). The van der Waals surface area contributed by atoms with E-state index in [1.165, 1.54) is 24.3 Å². The van der Waals surface area contributed by atoms with Crippen LogP contribution in [0.4, 0.5) is 18.9 Å². The van der Waals surface area contributed by atoms with Gasteiger partial charge in [-0.05, 0) is 54.4 Å². The highest BCUT2D eigenvalue weighted by Gasteiger charge is 2.31. The monoisotopic (exact) mass is 425 g/mol. The summed E-state index contributed by atoms with van der Waals surface area (Å²) >= 11 is 0. The van der Waals surface area contributed by atoms with Crippen molar-refractivity contribution in [1.29, 1.82) is 0 Å². The van der Waals surface area contributed by atoms with Gasteiger partial charge in [0.1, 0.15) is 6.10 Å². The summed E-state index contributed by atoms with van der Waals surface area (Å²) in [6.45, 7) is 1.96. The average Bonchev–Trinajstić information content (AvgIpc) is 2.73. The highest BCUT2D eigenvalue weighted by atomic mass is 19.4. The average molecular weight is 425 g/mol. The Kier molecular flexibility index (Phi) is 5.27. The van der Waals surface area contributed by atoms with Crippen LogP contribution < -0.4 is 5.32 Å². The lowest BCUT2D eigenvalue weighted by Gasteiger charge is -2.25. The predicted octanol–water partition coefficient (Wildman–Crippen LogP) is 5.72. The molecule has 1 amide bonds. The van der Waals surface area contributed by atoms with Crippen molar-refractivity contribution in [3.63, 3.8) is 0 Å². The van der Waals surface area contributed by atoms with Crippen molar-refractivity contribution >= 4 is 17.6 Å². The molecule has 0 spiro atoms. The van der Waals surface area contributed by atoms with Gasteiger partial charge < -0.3 is 10.1 Å². The Balaban J connectivity index is 1.56. The SMILES string of the molecule is Cc1ccc(C2Cc3cc(C(=O)Nc4cccc(C(F)(F)F)c4)ccc3C(=O)O2)cc1. The van der Waals surface area contributed by atoms with Gasteiger partial charge in [0.2, 0.25) is 0 Å². The van der Waals surface area contributed by atoms with Gasteiger partial charge in [-0.15, -0.1) is 0 Å². The van der Waals surface area contributed by atoms with Gasteiger partial charge in [0.15, 0.2) is 0 Å². The second-order valence-corrected chi connectivity index (χ2v) is 7.41. The van der Waals surface area contributed by atoms with Crippen LogP contribution in [0.1, 0.15) is 49.1 Å². The fourth-order valence-corrected chi connectivity index (χ4v) is 3.48. The molecule has 4 nitrogen and oxygen atoms in total. The molecular weight excluding hydrogens is 407 g/mol. The number of esters is 1. The number of rotatable bonds is 3. The van der Waals surface area contributed by atoms with E-state index in [1.807, 2.05) is 31.2 Å². The summed E-state index contributed by atoms with van der Waals surface area (Å²) < 4.78 is 44.2. The third-order valence-electron chi connectivity index (χ3n) is 5.14. The van der Waals surface area contributed by atoms with Crippen molar-refractivity contribution in [2.24, 2.45) is 0 Å². The van der Waals surface area contributed by atoms with Crippen LogP contribution >= 0.6 is 0 Å². The Labute approximate surface area is 176 Å². The summed E-state index contributed by atoms with van der Waals surface area (Å²) in [6.07, 6.45) is -4.57. The molecular formula is C24H18F3NO3. The van der Waals surface area contributed by atoms with Crippen molar-refractivity contribution in [3.8, 4) is 0 Å². The largest absolute Gasteiger partial charge is 0.454 e. The van der Waals surface area contributed by atoms with Crippen molar-refractivity contribution in [3.05, 3.63) is 100 Å². The molecule has 1 aliphatic rings. The fourth-order valence-electron chi connectivity index (χ4n) is 3.48. The number of carbonyl (C=O) groups excluding carboxylic acids is 2. The minimum atomic E-state index is -4.50. The van der Waals surface area contributed by atoms with Crippen LogP contribution in [0.15, 0.2) is 66.7 Å². The maximum atomic E-state index is 12.9. The molecule has 4 rings (SSSR count). The van der Waals surface area contributed by atoms with E-state index in [1.54, 1.807) is 6.07 Å². The molecule has 31 heavy (non-hydrogen) atoms. The number of hydrogen-bond donors (Lipinski definition) is 1. The second kappa shape index (κ2) is 7.91. The molecule has 0 bridgehead atoms. The first-order valence-electron chi connectivity index (χ1n) is 9.60. The lowest BCUT2D eigenvalue weighted by Crippen LogP contribution is -2.23. The molecule has 0 fully saturated rings. The van der Waals surface area contributed by atoms with E-state index in [4.69, 9.17) is 4.74 Å². The zero-order chi connectivity index (χ0) is 22.2. The van der Waals surface area contributed by atoms with Gasteiger partial charge in [-0.1, -0.05) is 35.9 Å². The topological polar surface area (TPSA) is 55.4 Å². The zero-order valence-corrected chi connectivity index (χ0v) is 16.5. The van der Waals surface area contributed by atoms with Crippen molar-refractivity contribution in [1.82, 2.24) is 0 Å². The Morgan fingerprint density at radius 2 is 1.77 bits per heavy atom. The van der Waals surface area contributed by atoms with E-state index in [9.17, 15) is 22.8 Å². The molecule has 0 aliphatic carbocycles. The molecule has 0 radical (unpaired) electrons. The molecule has 0 saturated carbocycles. The van der Waals surface area contributed by atoms with Crippen LogP contribution in [0, 0.1) is 6.92 Å². The lowest BCUT2D eigenvalue weighted by molar-refractivity contribution is -0.137. The Bertz CT molecular complexity index is 1150. The second-order valence-electron chi connectivity index (χ2n) is 7.41. The van der Waals surface area contributed by atoms with E-state index < -0.39 is 29.7 Å². The predicted molar refractivity (Wildman–Crippen MR) is 109 cm³/mol. The molecule has 0 saturated heterocycles. The quantitative estimate of drug-likeness (QED) is 0.546. The molecule has 1 heterocycles. The molecule has 0 aromatic heterocycles. The molecule has 7 heteroatoms. The molecule has 1 aliphatic heterocycles. The van der Waals surface area contributed by atoms with Crippen LogP contribution in [0.3, 0.4) is 0 Å². The summed E-state index contributed by atoms with van der Waals surface area (Å²) in [7, 11) is 0. The molecule has 3 aromatic rings. The number of anilines is 1. The van der Waals surface area contributed by atoms with Crippen LogP contribution in [0.5, 0.6) is 0 Å². The van der Waals surface area contributed by atoms with Crippen molar-refractivity contribution in [2.45, 2.75) is 25.6 Å².